The number of hydrogen-bond acceptors (Lipinski definition) is 3. The zero-order valence-electron chi connectivity index (χ0n) is 8.52. The van der Waals surface area contributed by atoms with Crippen LogP contribution >= 0.6 is 0 Å². The molecule has 0 spiro atoms. The number of nitrogens with zero attached hydrogens (tertiary/aromatic N) is 2. The summed E-state index contributed by atoms with van der Waals surface area (Å²) in [6.07, 6.45) is 0. The summed E-state index contributed by atoms with van der Waals surface area (Å²) in [6, 6.07) is 6.81. The third-order valence-electron chi connectivity index (χ3n) is 2.32. The summed E-state index contributed by atoms with van der Waals surface area (Å²) in [4.78, 5) is 14.6. The van der Waals surface area contributed by atoms with E-state index in [-0.39, 0.29) is 10.6 Å². The van der Waals surface area contributed by atoms with Crippen LogP contribution in [0, 0.1) is 24.0 Å². The number of pyridine rings is 1. The molecule has 2 rings (SSSR count). The lowest BCUT2D eigenvalue weighted by Gasteiger charge is -2.02. The van der Waals surface area contributed by atoms with E-state index in [2.05, 4.69) is 4.98 Å². The first-order valence-electron chi connectivity index (χ1n) is 4.60. The summed E-state index contributed by atoms with van der Waals surface area (Å²) in [5.41, 5.74) is 2.70. The van der Waals surface area contributed by atoms with Gasteiger partial charge in [0, 0.05) is 23.2 Å². The van der Waals surface area contributed by atoms with E-state index in [4.69, 9.17) is 0 Å². The van der Waals surface area contributed by atoms with Gasteiger partial charge in [-0.1, -0.05) is 6.07 Å². The molecule has 0 saturated heterocycles. The molecule has 2 aromatic rings. The Kier molecular flexibility index (Phi) is 2.11. The molecule has 0 bridgehead atoms. The van der Waals surface area contributed by atoms with Gasteiger partial charge in [-0.15, -0.1) is 0 Å². The minimum atomic E-state index is -0.383. The van der Waals surface area contributed by atoms with Gasteiger partial charge in [0.05, 0.1) is 10.4 Å². The molecular formula is C11H10N2O2. The Hall–Kier alpha value is -1.97. The molecule has 4 heteroatoms. The molecule has 0 fully saturated rings. The predicted molar refractivity (Wildman–Crippen MR) is 57.9 cm³/mol. The summed E-state index contributed by atoms with van der Waals surface area (Å²) in [5, 5.41) is 11.5. The molecule has 4 nitrogen and oxygen atoms in total. The summed E-state index contributed by atoms with van der Waals surface area (Å²) in [5.74, 6) is 0. The number of fused-ring (bicyclic) bond motifs is 1. The number of nitro benzene ring substituents is 1. The van der Waals surface area contributed by atoms with Crippen molar-refractivity contribution in [2.75, 3.05) is 0 Å². The number of non-ortho nitro benzene ring substituents is 1. The highest BCUT2D eigenvalue weighted by atomic mass is 16.6. The van der Waals surface area contributed by atoms with Crippen LogP contribution in [0.3, 0.4) is 0 Å². The van der Waals surface area contributed by atoms with Gasteiger partial charge in [0.1, 0.15) is 0 Å². The summed E-state index contributed by atoms with van der Waals surface area (Å²) in [7, 11) is 0. The van der Waals surface area contributed by atoms with E-state index in [0.717, 1.165) is 22.2 Å². The average Bonchev–Trinajstić information content (AvgIpc) is 2.18. The molecule has 1 aromatic carbocycles. The molecule has 1 aromatic heterocycles. The average molecular weight is 202 g/mol. The quantitative estimate of drug-likeness (QED) is 0.527. The Labute approximate surface area is 86.7 Å². The Morgan fingerprint density at radius 3 is 2.67 bits per heavy atom. The minimum absolute atomic E-state index is 0.116. The van der Waals surface area contributed by atoms with Gasteiger partial charge in [-0.05, 0) is 25.5 Å². The topological polar surface area (TPSA) is 56.0 Å². The Bertz CT molecular complexity index is 550. The van der Waals surface area contributed by atoms with Crippen molar-refractivity contribution < 1.29 is 4.92 Å². The first kappa shape index (κ1) is 9.58. The van der Waals surface area contributed by atoms with Gasteiger partial charge in [0.25, 0.3) is 5.69 Å². The first-order valence-corrected chi connectivity index (χ1v) is 4.60. The lowest BCUT2D eigenvalue weighted by atomic mass is 10.1. The zero-order valence-corrected chi connectivity index (χ0v) is 8.52. The monoisotopic (exact) mass is 202 g/mol. The highest BCUT2D eigenvalue weighted by Crippen LogP contribution is 2.23. The van der Waals surface area contributed by atoms with Gasteiger partial charge in [-0.25, -0.2) is 0 Å². The Morgan fingerprint density at radius 1 is 1.27 bits per heavy atom. The van der Waals surface area contributed by atoms with Crippen LogP contribution in [0.1, 0.15) is 11.3 Å². The van der Waals surface area contributed by atoms with Crippen LogP contribution in [-0.4, -0.2) is 9.91 Å². The number of aryl methyl sites for hydroxylation is 2. The van der Waals surface area contributed by atoms with E-state index in [0.29, 0.717) is 0 Å². The maximum atomic E-state index is 10.6. The molecular weight excluding hydrogens is 192 g/mol. The summed E-state index contributed by atoms with van der Waals surface area (Å²) < 4.78 is 0. The van der Waals surface area contributed by atoms with E-state index < -0.39 is 0 Å². The normalized spacial score (nSPS) is 10.5. The summed E-state index contributed by atoms with van der Waals surface area (Å²) >= 11 is 0. The molecule has 0 amide bonds. The Balaban J connectivity index is 2.78. The smallest absolute Gasteiger partial charge is 0.258 e. The first-order chi connectivity index (χ1) is 7.08. The van der Waals surface area contributed by atoms with Gasteiger partial charge >= 0.3 is 0 Å². The van der Waals surface area contributed by atoms with Crippen LogP contribution in [0.25, 0.3) is 10.9 Å². The van der Waals surface area contributed by atoms with Crippen LogP contribution in [0.4, 0.5) is 5.69 Å². The van der Waals surface area contributed by atoms with Crippen molar-refractivity contribution in [3.8, 4) is 0 Å². The van der Waals surface area contributed by atoms with Crippen LogP contribution in [0.2, 0.25) is 0 Å². The van der Waals surface area contributed by atoms with Gasteiger partial charge < -0.3 is 0 Å². The van der Waals surface area contributed by atoms with Crippen LogP contribution in [0.5, 0.6) is 0 Å². The van der Waals surface area contributed by atoms with Gasteiger partial charge in [0.15, 0.2) is 0 Å². The van der Waals surface area contributed by atoms with Crippen molar-refractivity contribution in [1.29, 1.82) is 0 Å². The minimum Gasteiger partial charge on any atom is -0.258 e. The molecule has 15 heavy (non-hydrogen) atoms. The van der Waals surface area contributed by atoms with Crippen LogP contribution in [0.15, 0.2) is 24.3 Å². The fourth-order valence-electron chi connectivity index (χ4n) is 1.60. The lowest BCUT2D eigenvalue weighted by Crippen LogP contribution is -1.92. The van der Waals surface area contributed by atoms with E-state index in [9.17, 15) is 10.1 Å². The standard InChI is InChI=1S/C11H10N2O2/c1-7-5-10(13(14)15)6-9-4-3-8(2)12-11(7)9/h3-6H,1-2H3. The molecule has 0 aliphatic heterocycles. The van der Waals surface area contributed by atoms with Crippen molar-refractivity contribution in [3.63, 3.8) is 0 Å². The number of rotatable bonds is 1. The third kappa shape index (κ3) is 1.66. The second-order valence-electron chi connectivity index (χ2n) is 3.54. The van der Waals surface area contributed by atoms with Crippen molar-refractivity contribution in [3.05, 3.63) is 45.6 Å². The number of hydrogen-bond donors (Lipinski definition) is 0. The molecule has 0 N–H and O–H groups in total. The molecule has 0 atom stereocenters. The fraction of sp³-hybridized carbons (Fsp3) is 0.182. The number of aromatic nitrogens is 1. The fourth-order valence-corrected chi connectivity index (χ4v) is 1.60. The highest BCUT2D eigenvalue weighted by Gasteiger charge is 2.09. The van der Waals surface area contributed by atoms with Gasteiger partial charge in [-0.2, -0.15) is 0 Å². The summed E-state index contributed by atoms with van der Waals surface area (Å²) in [6.45, 7) is 3.74. The van der Waals surface area contributed by atoms with E-state index in [1.807, 2.05) is 26.0 Å². The van der Waals surface area contributed by atoms with E-state index in [1.54, 1.807) is 12.1 Å². The molecule has 0 unspecified atom stereocenters. The number of benzene rings is 1. The largest absolute Gasteiger partial charge is 0.270 e. The van der Waals surface area contributed by atoms with Crippen molar-refractivity contribution in [1.82, 2.24) is 4.98 Å². The molecule has 0 saturated carbocycles. The SMILES string of the molecule is Cc1ccc2cc([N+](=O)[O-])cc(C)c2n1. The van der Waals surface area contributed by atoms with Gasteiger partial charge in [0.2, 0.25) is 0 Å². The van der Waals surface area contributed by atoms with E-state index in [1.165, 1.54) is 0 Å². The van der Waals surface area contributed by atoms with Crippen LogP contribution in [-0.2, 0) is 0 Å². The molecule has 0 aliphatic rings. The maximum absolute atomic E-state index is 10.6. The molecule has 1 heterocycles. The van der Waals surface area contributed by atoms with Crippen molar-refractivity contribution in [2.24, 2.45) is 0 Å². The lowest BCUT2D eigenvalue weighted by molar-refractivity contribution is -0.384. The van der Waals surface area contributed by atoms with Crippen molar-refractivity contribution in [2.45, 2.75) is 13.8 Å². The zero-order chi connectivity index (χ0) is 11.0. The van der Waals surface area contributed by atoms with Gasteiger partial charge in [-0.3, -0.25) is 15.1 Å². The maximum Gasteiger partial charge on any atom is 0.270 e. The van der Waals surface area contributed by atoms with Crippen LogP contribution < -0.4 is 0 Å². The third-order valence-corrected chi connectivity index (χ3v) is 2.32. The molecule has 76 valence electrons. The van der Waals surface area contributed by atoms with E-state index >= 15 is 0 Å². The highest BCUT2D eigenvalue weighted by molar-refractivity contribution is 5.84. The van der Waals surface area contributed by atoms with Crippen molar-refractivity contribution >= 4 is 16.6 Å². The second-order valence-corrected chi connectivity index (χ2v) is 3.54. The number of nitro groups is 1. The predicted octanol–water partition coefficient (Wildman–Crippen LogP) is 2.76. The molecule has 0 aliphatic carbocycles. The molecule has 0 radical (unpaired) electrons. The second kappa shape index (κ2) is 3.31. The Morgan fingerprint density at radius 2 is 2.00 bits per heavy atom.